The van der Waals surface area contributed by atoms with E-state index in [4.69, 9.17) is 60.9 Å². The van der Waals surface area contributed by atoms with E-state index in [1.54, 1.807) is 0 Å². The van der Waals surface area contributed by atoms with Crippen molar-refractivity contribution in [3.63, 3.8) is 0 Å². The number of nitrogens with zero attached hydrogens (tertiary/aromatic N) is 8. The number of aromatic nitrogens is 10. The Kier molecular flexibility index (Phi) is 22.2. The lowest BCUT2D eigenvalue weighted by atomic mass is 10.1. The summed E-state index contributed by atoms with van der Waals surface area (Å²) in [6, 6.07) is 1.52. The molecule has 83 heavy (non-hydrogen) atoms. The van der Waals surface area contributed by atoms with Crippen LogP contribution in [0.5, 0.6) is 0 Å². The molecule has 0 aromatic carbocycles. The normalized spacial score (nSPS) is 25.8. The maximum Gasteiger partial charge on any atom is 0.490 e. The van der Waals surface area contributed by atoms with Gasteiger partial charge in [-0.2, -0.15) is 30.8 Å². The Balaban J connectivity index is 0.000000275. The molecule has 0 aliphatic carbocycles. The van der Waals surface area contributed by atoms with Gasteiger partial charge in [0.25, 0.3) is 5.56 Å². The second-order valence-corrected chi connectivity index (χ2v) is 28.4. The zero-order chi connectivity index (χ0) is 62.9. The van der Waals surface area contributed by atoms with Crippen molar-refractivity contribution < 1.29 is 164 Å². The molecule has 0 saturated carbocycles. The molecule has 23 N–H and O–H groups in total. The minimum atomic E-state index is -6.06. The molecular formula is C24H40N13O37P9. The summed E-state index contributed by atoms with van der Waals surface area (Å²) in [5.41, 5.74) is 14.7. The lowest BCUT2D eigenvalue weighted by Gasteiger charge is -2.24. The number of H-pyrrole nitrogens is 2. The van der Waals surface area contributed by atoms with Gasteiger partial charge in [0.2, 0.25) is 5.95 Å². The molecule has 0 spiro atoms. The summed E-state index contributed by atoms with van der Waals surface area (Å²) in [4.78, 5) is 157. The lowest BCUT2D eigenvalue weighted by molar-refractivity contribution is -0.0503. The zero-order valence-electron chi connectivity index (χ0n) is 39.4. The number of aliphatic hydroxyl groups excluding tert-OH is 3. The highest BCUT2D eigenvalue weighted by Crippen LogP contribution is 2.69. The maximum atomic E-state index is 12.4. The summed E-state index contributed by atoms with van der Waals surface area (Å²) in [7, 11) is -52.2. The monoisotopic (exact) mass is 1380 g/mol. The fraction of sp³-hybridized carbons (Fsp3) is 0.417. The highest BCUT2D eigenvalue weighted by molar-refractivity contribution is 7.67. The van der Waals surface area contributed by atoms with Gasteiger partial charge >= 0.3 is 76.1 Å². The number of phosphoric ester groups is 3. The van der Waals surface area contributed by atoms with Gasteiger partial charge < -0.3 is 101 Å². The number of ether oxygens (including phenoxy) is 2. The van der Waals surface area contributed by atoms with E-state index in [1.165, 1.54) is 12.3 Å². The van der Waals surface area contributed by atoms with E-state index in [9.17, 15) is 90.5 Å². The summed E-state index contributed by atoms with van der Waals surface area (Å²) in [5.74, 6) is -0.100. The fourth-order valence-corrected chi connectivity index (χ4v) is 15.6. The third kappa shape index (κ3) is 21.0. The SMILES string of the molecule is Nc1ccnc(=O)[nH]1.Nc1nc2c(ncn2[C@@H]2O[C@H](COP(=O)(O)OP(=O)(O)OP(=O)(O)O)[C@@H](O)[C@H]2O)c(=O)[nH]1.Nc1ncnc2c1ncn2[C@@H]1O[C@H](COP(=O)(O)OP(=O)(O)OP(=O)(O)O)[C@@H](OP(=O)(O)OP(=O)(O)OP(=O)(O)O)[C@H]1O. The van der Waals surface area contributed by atoms with Gasteiger partial charge in [-0.15, -0.1) is 0 Å². The van der Waals surface area contributed by atoms with E-state index in [-0.39, 0.29) is 34.1 Å². The predicted octanol–water partition coefficient (Wildman–Crippen LogP) is -4.26. The van der Waals surface area contributed by atoms with Crippen LogP contribution >= 0.6 is 70.4 Å². The minimum Gasteiger partial charge on any atom is -0.387 e. The number of imidazole rings is 2. The highest BCUT2D eigenvalue weighted by atomic mass is 31.3. The molecule has 0 radical (unpaired) electrons. The number of fused-ring (bicyclic) bond motifs is 2. The van der Waals surface area contributed by atoms with E-state index in [0.29, 0.717) is 5.82 Å². The molecule has 2 fully saturated rings. The number of hydrogen-bond acceptors (Lipinski definition) is 34. The molecule has 14 atom stereocenters. The van der Waals surface area contributed by atoms with Crippen LogP contribution in [-0.2, 0) is 90.0 Å². The van der Waals surface area contributed by atoms with Crippen LogP contribution in [0.1, 0.15) is 12.5 Å². The van der Waals surface area contributed by atoms with Crippen LogP contribution in [0.3, 0.4) is 0 Å². The molecule has 7 rings (SSSR count). The number of nitrogens with two attached hydrogens (primary N) is 3. The molecule has 2 saturated heterocycles. The number of nitrogens with one attached hydrogen (secondary N) is 2. The number of hydrogen-bond donors (Lipinski definition) is 20. The summed E-state index contributed by atoms with van der Waals surface area (Å²) in [5, 5.41) is 31.3. The molecule has 59 heteroatoms. The Morgan fingerprint density at radius 2 is 0.988 bits per heavy atom. The van der Waals surface area contributed by atoms with Crippen molar-refractivity contribution in [1.29, 1.82) is 0 Å². The van der Waals surface area contributed by atoms with Crippen LogP contribution in [0.15, 0.2) is 40.8 Å². The number of aliphatic hydroxyl groups is 3. The van der Waals surface area contributed by atoms with Crippen molar-refractivity contribution in [3.05, 3.63) is 52.1 Å². The molecule has 5 aromatic rings. The summed E-state index contributed by atoms with van der Waals surface area (Å²) >= 11 is 0. The van der Waals surface area contributed by atoms with Gasteiger partial charge in [-0.25, -0.2) is 70.8 Å². The van der Waals surface area contributed by atoms with Crippen molar-refractivity contribution in [1.82, 2.24) is 49.0 Å². The van der Waals surface area contributed by atoms with Crippen LogP contribution in [0.2, 0.25) is 0 Å². The van der Waals surface area contributed by atoms with Crippen molar-refractivity contribution in [3.8, 4) is 0 Å². The Bertz CT molecular complexity index is 3730. The van der Waals surface area contributed by atoms with E-state index in [1.807, 2.05) is 0 Å². The largest absolute Gasteiger partial charge is 0.490 e. The Labute approximate surface area is 454 Å². The van der Waals surface area contributed by atoms with Crippen molar-refractivity contribution in [2.45, 2.75) is 49.1 Å². The Hall–Kier alpha value is -3.79. The van der Waals surface area contributed by atoms with Crippen LogP contribution in [0.4, 0.5) is 17.6 Å². The van der Waals surface area contributed by atoms with Crippen molar-refractivity contribution >= 4 is 110 Å². The quantitative estimate of drug-likeness (QED) is 0.0292. The number of nitrogen functional groups attached to an aromatic ring is 3. The first-order valence-electron chi connectivity index (χ1n) is 20.4. The number of rotatable bonds is 22. The molecule has 2 aliphatic rings. The average Bonchev–Trinajstić information content (AvgIpc) is 3.48. The molecular weight excluding hydrogens is 1340 g/mol. The standard InChI is InChI=1S/C10H19N5O22P6.C10H16N5O14P3.C4H5N3O/c11-8-5-9(13-2-12-8)15(3-14-5)10-6(16)7(33-41(25,26)37-43(29,30)35-39(20,21)22)4(32-10)1-31-40(23,24)36-42(27,28)34-38(17,18)19;11-10-13-7-4(8(18)14-10)12-2-15(7)9-6(17)5(16)3(27-9)1-26-31(22,23)29-32(24,25)28-30(19,20)21;5-3-1-2-6-4(8)7-3/h2-4,6-7,10,16H,1H2,(H,23,24)(H,25,26)(H,27,28)(H,29,30)(H2,11,12,13)(H2,17,18,19)(H2,20,21,22);2-3,5-6,9,16-17H,1H2,(H,22,23)(H,24,25)(H2,19,20,21)(H3,11,13,14,18);1-2H,(H3,5,6,7,8)/t4-,6-,7-,10-;3-,5-,6-,9-;/m11./s1. The molecule has 50 nitrogen and oxygen atoms in total. The molecule has 0 amide bonds. The number of phosphoric acid groups is 9. The van der Waals surface area contributed by atoms with Gasteiger partial charge in [-0.1, -0.05) is 0 Å². The lowest BCUT2D eigenvalue weighted by Crippen LogP contribution is -2.36. The molecule has 468 valence electrons. The number of anilines is 3. The average molecular weight is 1380 g/mol. The van der Waals surface area contributed by atoms with Gasteiger partial charge in [0, 0.05) is 6.20 Å². The van der Waals surface area contributed by atoms with E-state index < -0.39 is 144 Å². The van der Waals surface area contributed by atoms with Crippen molar-refractivity contribution in [2.75, 3.05) is 30.4 Å². The van der Waals surface area contributed by atoms with E-state index in [2.05, 4.69) is 79.3 Å². The van der Waals surface area contributed by atoms with Gasteiger partial charge in [0.05, 0.1) is 25.9 Å². The predicted molar refractivity (Wildman–Crippen MR) is 256 cm³/mol. The second kappa shape index (κ2) is 26.3. The first kappa shape index (κ1) is 70.0. The Morgan fingerprint density at radius 1 is 0.530 bits per heavy atom. The van der Waals surface area contributed by atoms with E-state index in [0.717, 1.165) is 28.1 Å². The fourth-order valence-electron chi connectivity index (χ4n) is 6.27. The van der Waals surface area contributed by atoms with Gasteiger partial charge in [0.1, 0.15) is 54.3 Å². The maximum absolute atomic E-state index is 12.4. The van der Waals surface area contributed by atoms with Gasteiger partial charge in [-0.05, 0) is 6.07 Å². The first-order chi connectivity index (χ1) is 37.7. The zero-order valence-corrected chi connectivity index (χ0v) is 47.5. The summed E-state index contributed by atoms with van der Waals surface area (Å²) in [6.07, 6.45) is -10.4. The summed E-state index contributed by atoms with van der Waals surface area (Å²) < 4.78 is 151. The number of aromatic amines is 2. The smallest absolute Gasteiger partial charge is 0.387 e. The third-order valence-corrected chi connectivity index (χ3v) is 20.5. The first-order valence-corrected chi connectivity index (χ1v) is 33.9. The van der Waals surface area contributed by atoms with Gasteiger partial charge in [-0.3, -0.25) is 37.5 Å². The van der Waals surface area contributed by atoms with Crippen LogP contribution in [-0.4, -0.2) is 173 Å². The van der Waals surface area contributed by atoms with Gasteiger partial charge in [0.15, 0.2) is 35.1 Å². The van der Waals surface area contributed by atoms with E-state index >= 15 is 0 Å². The third-order valence-electron chi connectivity index (χ3n) is 9.04. The van der Waals surface area contributed by atoms with Crippen LogP contribution in [0.25, 0.3) is 22.3 Å². The second-order valence-electron chi connectivity index (χ2n) is 15.2. The van der Waals surface area contributed by atoms with Crippen LogP contribution < -0.4 is 28.5 Å². The molecule has 6 unspecified atom stereocenters. The molecule has 7 heterocycles. The molecule has 5 aromatic heterocycles. The Morgan fingerprint density at radius 3 is 1.47 bits per heavy atom. The summed E-state index contributed by atoms with van der Waals surface area (Å²) in [6.45, 7) is -2.43. The topological polar surface area (TPSA) is 790 Å². The minimum absolute atomic E-state index is 0.0561. The molecule has 0 bridgehead atoms. The van der Waals surface area contributed by atoms with Crippen molar-refractivity contribution in [2.24, 2.45) is 0 Å². The highest BCUT2D eigenvalue weighted by Gasteiger charge is 2.53. The molecule has 2 aliphatic heterocycles. The van der Waals surface area contributed by atoms with Crippen LogP contribution in [0, 0.1) is 0 Å².